The molecule has 1 aliphatic heterocycles. The van der Waals surface area contributed by atoms with Gasteiger partial charge in [-0.2, -0.15) is 0 Å². The molecule has 0 spiro atoms. The number of rotatable bonds is 4. The summed E-state index contributed by atoms with van der Waals surface area (Å²) < 4.78 is 17.0. The predicted octanol–water partition coefficient (Wildman–Crippen LogP) is 0.122. The predicted molar refractivity (Wildman–Crippen MR) is 75.4 cm³/mol. The number of hydrogen-bond acceptors (Lipinski definition) is 6. The Labute approximate surface area is 127 Å². The molecule has 0 aliphatic carbocycles. The summed E-state index contributed by atoms with van der Waals surface area (Å²) in [5.41, 5.74) is -1.11. The molecule has 1 aromatic rings. The molecule has 1 unspecified atom stereocenters. The molecule has 1 aliphatic rings. The fraction of sp³-hybridized carbons (Fsp3) is 0.545. The van der Waals surface area contributed by atoms with Crippen LogP contribution in [0.3, 0.4) is 0 Å². The highest BCUT2D eigenvalue weighted by atomic mass is 127. The summed E-state index contributed by atoms with van der Waals surface area (Å²) in [5.74, 6) is -0.461. The second-order valence-corrected chi connectivity index (χ2v) is 4.95. The summed E-state index contributed by atoms with van der Waals surface area (Å²) in [4.78, 5) is 36.1. The third-order valence-electron chi connectivity index (χ3n) is 2.84. The number of aromatic nitrogens is 2. The number of aromatic amines is 1. The molecule has 0 aromatic carbocycles. The van der Waals surface area contributed by atoms with E-state index in [4.69, 9.17) is 12.5 Å². The Balaban J connectivity index is 2.28. The van der Waals surface area contributed by atoms with Crippen LogP contribution in [0.4, 0.5) is 0 Å². The minimum absolute atomic E-state index is 0.292. The van der Waals surface area contributed by atoms with E-state index in [0.717, 1.165) is 0 Å². The minimum Gasteiger partial charge on any atom is -0.458 e. The van der Waals surface area contributed by atoms with Crippen LogP contribution >= 0.6 is 23.0 Å². The second-order valence-electron chi connectivity index (χ2n) is 4.33. The number of carbonyl (C=O) groups is 1. The van der Waals surface area contributed by atoms with Crippen molar-refractivity contribution in [2.75, 3.05) is 6.61 Å². The molecule has 3 atom stereocenters. The molecule has 1 fully saturated rings. The Morgan fingerprint density at radius 2 is 2.35 bits per heavy atom. The molecule has 1 aromatic heterocycles. The van der Waals surface area contributed by atoms with Gasteiger partial charge in [0.15, 0.2) is 6.23 Å². The van der Waals surface area contributed by atoms with E-state index >= 15 is 0 Å². The summed E-state index contributed by atoms with van der Waals surface area (Å²) in [5, 5.41) is 0. The van der Waals surface area contributed by atoms with Crippen molar-refractivity contribution in [3.63, 3.8) is 0 Å². The smallest absolute Gasteiger partial charge is 0.330 e. The van der Waals surface area contributed by atoms with E-state index in [1.807, 2.05) is 0 Å². The quantitative estimate of drug-likeness (QED) is 0.574. The first kappa shape index (κ1) is 15.2. The monoisotopic (exact) mass is 396 g/mol. The maximum Gasteiger partial charge on any atom is 0.330 e. The van der Waals surface area contributed by atoms with E-state index in [2.05, 4.69) is 4.98 Å². The van der Waals surface area contributed by atoms with Crippen molar-refractivity contribution >= 4 is 29.0 Å². The van der Waals surface area contributed by atoms with Crippen molar-refractivity contribution in [1.82, 2.24) is 9.55 Å². The summed E-state index contributed by atoms with van der Waals surface area (Å²) in [7, 11) is 0. The zero-order valence-electron chi connectivity index (χ0n) is 10.6. The molecule has 8 nitrogen and oxygen atoms in total. The number of hydrogen-bond donors (Lipinski definition) is 1. The van der Waals surface area contributed by atoms with E-state index < -0.39 is 29.6 Å². The molecule has 0 radical (unpaired) electrons. The van der Waals surface area contributed by atoms with Gasteiger partial charge in [0, 0.05) is 25.6 Å². The van der Waals surface area contributed by atoms with Crippen LogP contribution in [0, 0.1) is 0 Å². The van der Waals surface area contributed by atoms with Crippen LogP contribution < -0.4 is 11.2 Å². The first-order valence-corrected chi connectivity index (χ1v) is 6.77. The number of H-pyrrole nitrogens is 1. The molecular formula is C11H13IN2O6. The first-order chi connectivity index (χ1) is 9.51. The highest BCUT2D eigenvalue weighted by Crippen LogP contribution is 2.30. The lowest BCUT2D eigenvalue weighted by atomic mass is 10.2. The Morgan fingerprint density at radius 3 is 2.95 bits per heavy atom. The average molecular weight is 396 g/mol. The lowest BCUT2D eigenvalue weighted by Gasteiger charge is -2.19. The third-order valence-corrected chi connectivity index (χ3v) is 3.20. The number of ether oxygens (including phenoxy) is 2. The number of nitrogens with one attached hydrogen (secondary N) is 1. The van der Waals surface area contributed by atoms with Crippen molar-refractivity contribution in [2.45, 2.75) is 31.8 Å². The maximum absolute atomic E-state index is 11.8. The van der Waals surface area contributed by atoms with Crippen molar-refractivity contribution in [1.29, 1.82) is 0 Å². The fourth-order valence-corrected chi connectivity index (χ4v) is 2.49. The van der Waals surface area contributed by atoms with E-state index in [1.54, 1.807) is 23.0 Å². The van der Waals surface area contributed by atoms with Crippen LogP contribution in [0.1, 0.15) is 19.6 Å². The normalized spacial score (nSPS) is 25.6. The van der Waals surface area contributed by atoms with E-state index in [1.165, 1.54) is 23.8 Å². The standard InChI is InChI=1S/C11H13IN2O6/c1-6(15)19-8-4-7(5-18-12)20-10(8)14-3-2-9(16)13-11(14)17/h2-3,7-8,10H,4-5H2,1H3,(H,13,16,17)/t7-,8?,10+/m1/s1. The van der Waals surface area contributed by atoms with Gasteiger partial charge < -0.3 is 12.5 Å². The largest absolute Gasteiger partial charge is 0.458 e. The van der Waals surface area contributed by atoms with Crippen LogP contribution in [0.5, 0.6) is 0 Å². The van der Waals surface area contributed by atoms with Crippen molar-refractivity contribution in [2.24, 2.45) is 0 Å². The Hall–Kier alpha value is -1.20. The van der Waals surface area contributed by atoms with E-state index in [9.17, 15) is 14.4 Å². The van der Waals surface area contributed by atoms with Gasteiger partial charge in [0.2, 0.25) is 0 Å². The van der Waals surface area contributed by atoms with Gasteiger partial charge in [0.1, 0.15) is 29.1 Å². The number of carbonyl (C=O) groups excluding carboxylic acids is 1. The van der Waals surface area contributed by atoms with Gasteiger partial charge in [-0.1, -0.05) is 0 Å². The number of halogens is 1. The molecular weight excluding hydrogens is 383 g/mol. The molecule has 110 valence electrons. The van der Waals surface area contributed by atoms with Gasteiger partial charge in [-0.3, -0.25) is 19.1 Å². The van der Waals surface area contributed by atoms with Gasteiger partial charge in [-0.15, -0.1) is 0 Å². The molecule has 1 saturated heterocycles. The molecule has 2 heterocycles. The fourth-order valence-electron chi connectivity index (χ4n) is 2.09. The molecule has 0 bridgehead atoms. The van der Waals surface area contributed by atoms with E-state index in [-0.39, 0.29) is 6.10 Å². The Bertz CT molecular complexity index is 597. The van der Waals surface area contributed by atoms with Crippen LogP contribution in [0.2, 0.25) is 0 Å². The Kier molecular flexibility index (Phi) is 4.94. The van der Waals surface area contributed by atoms with Gasteiger partial charge in [-0.05, 0) is 0 Å². The highest BCUT2D eigenvalue weighted by molar-refractivity contribution is 14.1. The highest BCUT2D eigenvalue weighted by Gasteiger charge is 2.39. The second kappa shape index (κ2) is 6.50. The lowest BCUT2D eigenvalue weighted by Crippen LogP contribution is -2.36. The molecule has 20 heavy (non-hydrogen) atoms. The third kappa shape index (κ3) is 3.46. The van der Waals surface area contributed by atoms with Gasteiger partial charge in [-0.25, -0.2) is 4.79 Å². The number of esters is 1. The van der Waals surface area contributed by atoms with Crippen LogP contribution in [0.15, 0.2) is 21.9 Å². The maximum atomic E-state index is 11.8. The molecule has 0 saturated carbocycles. The Morgan fingerprint density at radius 1 is 1.60 bits per heavy atom. The SMILES string of the molecule is CC(=O)OC1C[C@H](COI)O[C@@H]1n1ccc(=O)[nH]c1=O. The molecule has 1 N–H and O–H groups in total. The average Bonchev–Trinajstić information content (AvgIpc) is 2.71. The van der Waals surface area contributed by atoms with Gasteiger partial charge in [0.25, 0.3) is 5.56 Å². The van der Waals surface area contributed by atoms with E-state index in [0.29, 0.717) is 13.0 Å². The van der Waals surface area contributed by atoms with Crippen molar-refractivity contribution in [3.05, 3.63) is 33.1 Å². The zero-order valence-corrected chi connectivity index (χ0v) is 12.7. The van der Waals surface area contributed by atoms with Gasteiger partial charge >= 0.3 is 11.7 Å². The van der Waals surface area contributed by atoms with Crippen molar-refractivity contribution in [3.8, 4) is 0 Å². The summed E-state index contributed by atoms with van der Waals surface area (Å²) in [6.45, 7) is 1.60. The molecule has 0 amide bonds. The first-order valence-electron chi connectivity index (χ1n) is 5.89. The lowest BCUT2D eigenvalue weighted by molar-refractivity contribution is -0.152. The molecule has 2 rings (SSSR count). The zero-order chi connectivity index (χ0) is 14.7. The van der Waals surface area contributed by atoms with Gasteiger partial charge in [0.05, 0.1) is 12.7 Å². The van der Waals surface area contributed by atoms with Crippen LogP contribution in [-0.2, 0) is 17.3 Å². The van der Waals surface area contributed by atoms with Crippen LogP contribution in [0.25, 0.3) is 0 Å². The summed E-state index contributed by atoms with van der Waals surface area (Å²) in [6.07, 6.45) is 0.0570. The topological polar surface area (TPSA) is 99.6 Å². The number of nitrogens with zero attached hydrogens (tertiary/aromatic N) is 1. The minimum atomic E-state index is -0.778. The van der Waals surface area contributed by atoms with Crippen molar-refractivity contribution < 1.29 is 17.3 Å². The summed E-state index contributed by atoms with van der Waals surface area (Å²) in [6, 6.07) is 1.21. The summed E-state index contributed by atoms with van der Waals surface area (Å²) >= 11 is 1.74. The molecule has 9 heteroatoms. The van der Waals surface area contributed by atoms with Crippen LogP contribution in [-0.4, -0.2) is 34.3 Å².